The lowest BCUT2D eigenvalue weighted by Crippen LogP contribution is -2.52. The summed E-state index contributed by atoms with van der Waals surface area (Å²) in [4.78, 5) is 18.9. The molecule has 1 aliphatic heterocycles. The van der Waals surface area contributed by atoms with E-state index in [1.165, 1.54) is 0 Å². The summed E-state index contributed by atoms with van der Waals surface area (Å²) in [5.74, 6) is 0.0158. The van der Waals surface area contributed by atoms with Crippen LogP contribution in [0.2, 0.25) is 0 Å². The van der Waals surface area contributed by atoms with E-state index in [0.29, 0.717) is 11.2 Å². The molecule has 1 aliphatic rings. The van der Waals surface area contributed by atoms with Crippen molar-refractivity contribution in [2.75, 3.05) is 19.6 Å². The number of carbonyl (C=O) groups excluding carboxylic acids is 1. The zero-order valence-corrected chi connectivity index (χ0v) is 11.1. The highest BCUT2D eigenvalue weighted by molar-refractivity contribution is 5.99. The predicted molar refractivity (Wildman–Crippen MR) is 71.1 cm³/mol. The topological polar surface area (TPSA) is 62.5 Å². The number of hydrogen-bond donors (Lipinski definition) is 1. The normalized spacial score (nSPS) is 19.9. The van der Waals surface area contributed by atoms with Crippen LogP contribution >= 0.6 is 0 Å². The van der Waals surface area contributed by atoms with Crippen molar-refractivity contribution in [2.45, 2.75) is 19.9 Å². The minimum absolute atomic E-state index is 0.0158. The van der Waals surface area contributed by atoms with Gasteiger partial charge in [0.25, 0.3) is 5.91 Å². The SMILES string of the molecule is Cc1ccn2ncc(C(=O)N3CCNC[C@@H]3C)c2n1. The lowest BCUT2D eigenvalue weighted by atomic mass is 10.2. The first kappa shape index (κ1) is 12.1. The fourth-order valence-electron chi connectivity index (χ4n) is 2.41. The molecular weight excluding hydrogens is 242 g/mol. The molecule has 1 amide bonds. The number of carbonyl (C=O) groups is 1. The Morgan fingerprint density at radius 1 is 1.53 bits per heavy atom. The van der Waals surface area contributed by atoms with Crippen LogP contribution in [0.1, 0.15) is 23.0 Å². The summed E-state index contributed by atoms with van der Waals surface area (Å²) >= 11 is 0. The van der Waals surface area contributed by atoms with Gasteiger partial charge in [0.2, 0.25) is 0 Å². The van der Waals surface area contributed by atoms with Crippen LogP contribution in [0.4, 0.5) is 0 Å². The van der Waals surface area contributed by atoms with Gasteiger partial charge in [-0.15, -0.1) is 0 Å². The van der Waals surface area contributed by atoms with E-state index in [1.54, 1.807) is 10.7 Å². The number of aryl methyl sites for hydroxylation is 1. The minimum Gasteiger partial charge on any atom is -0.333 e. The van der Waals surface area contributed by atoms with Gasteiger partial charge >= 0.3 is 0 Å². The molecule has 1 fully saturated rings. The van der Waals surface area contributed by atoms with Crippen molar-refractivity contribution in [3.8, 4) is 0 Å². The molecule has 0 aliphatic carbocycles. The molecule has 0 radical (unpaired) electrons. The van der Waals surface area contributed by atoms with Crippen LogP contribution in [0.15, 0.2) is 18.5 Å². The van der Waals surface area contributed by atoms with E-state index in [9.17, 15) is 4.79 Å². The van der Waals surface area contributed by atoms with Crippen molar-refractivity contribution >= 4 is 11.6 Å². The molecule has 2 aromatic rings. The van der Waals surface area contributed by atoms with Gasteiger partial charge in [0.05, 0.1) is 6.20 Å². The van der Waals surface area contributed by atoms with Gasteiger partial charge < -0.3 is 10.2 Å². The minimum atomic E-state index is 0.0158. The van der Waals surface area contributed by atoms with E-state index in [2.05, 4.69) is 22.3 Å². The quantitative estimate of drug-likeness (QED) is 0.808. The summed E-state index contributed by atoms with van der Waals surface area (Å²) in [6.07, 6.45) is 3.44. The third-order valence-electron chi connectivity index (χ3n) is 3.50. The number of hydrogen-bond acceptors (Lipinski definition) is 4. The first-order chi connectivity index (χ1) is 9.16. The van der Waals surface area contributed by atoms with E-state index < -0.39 is 0 Å². The fourth-order valence-corrected chi connectivity index (χ4v) is 2.41. The van der Waals surface area contributed by atoms with Gasteiger partial charge in [-0.05, 0) is 19.9 Å². The van der Waals surface area contributed by atoms with Crippen LogP contribution in [0.5, 0.6) is 0 Å². The Labute approximate surface area is 111 Å². The molecule has 3 rings (SSSR count). The van der Waals surface area contributed by atoms with Gasteiger partial charge in [-0.2, -0.15) is 5.10 Å². The van der Waals surface area contributed by atoms with Gasteiger partial charge in [-0.1, -0.05) is 0 Å². The van der Waals surface area contributed by atoms with E-state index in [1.807, 2.05) is 24.1 Å². The van der Waals surface area contributed by atoms with Crippen molar-refractivity contribution in [3.05, 3.63) is 29.7 Å². The number of aromatic nitrogens is 3. The number of amides is 1. The Morgan fingerprint density at radius 3 is 3.16 bits per heavy atom. The second kappa shape index (κ2) is 4.62. The van der Waals surface area contributed by atoms with E-state index >= 15 is 0 Å². The van der Waals surface area contributed by atoms with Crippen molar-refractivity contribution < 1.29 is 4.79 Å². The first-order valence-corrected chi connectivity index (χ1v) is 6.49. The molecule has 1 N–H and O–H groups in total. The van der Waals surface area contributed by atoms with E-state index in [-0.39, 0.29) is 11.9 Å². The van der Waals surface area contributed by atoms with E-state index in [0.717, 1.165) is 25.3 Å². The molecular formula is C13H17N5O. The highest BCUT2D eigenvalue weighted by Gasteiger charge is 2.26. The molecule has 0 saturated carbocycles. The Hall–Kier alpha value is -1.95. The molecule has 0 aromatic carbocycles. The van der Waals surface area contributed by atoms with Gasteiger partial charge in [0.1, 0.15) is 5.56 Å². The van der Waals surface area contributed by atoms with Crippen LogP contribution in [-0.2, 0) is 0 Å². The van der Waals surface area contributed by atoms with Crippen LogP contribution in [-0.4, -0.2) is 51.1 Å². The average molecular weight is 259 g/mol. The Morgan fingerprint density at radius 2 is 2.37 bits per heavy atom. The number of nitrogens with zero attached hydrogens (tertiary/aromatic N) is 4. The maximum atomic E-state index is 12.6. The molecule has 1 atom stereocenters. The predicted octanol–water partition coefficient (Wildman–Crippen LogP) is 0.472. The molecule has 6 nitrogen and oxygen atoms in total. The summed E-state index contributed by atoms with van der Waals surface area (Å²) in [6.45, 7) is 6.35. The molecule has 6 heteroatoms. The number of piperazine rings is 1. The molecule has 0 spiro atoms. The van der Waals surface area contributed by atoms with Crippen molar-refractivity contribution in [1.29, 1.82) is 0 Å². The standard InChI is InChI=1S/C13H17N5O/c1-9-3-5-18-12(16-9)11(8-15-18)13(19)17-6-4-14-7-10(17)2/h3,5,8,10,14H,4,6-7H2,1-2H3/t10-/m0/s1. The Balaban J connectivity index is 1.99. The maximum absolute atomic E-state index is 12.6. The average Bonchev–Trinajstić information content (AvgIpc) is 2.81. The fraction of sp³-hybridized carbons (Fsp3) is 0.462. The van der Waals surface area contributed by atoms with Gasteiger partial charge in [-0.25, -0.2) is 9.50 Å². The number of nitrogens with one attached hydrogen (secondary N) is 1. The summed E-state index contributed by atoms with van der Waals surface area (Å²) < 4.78 is 1.65. The van der Waals surface area contributed by atoms with Crippen LogP contribution in [0.3, 0.4) is 0 Å². The first-order valence-electron chi connectivity index (χ1n) is 6.49. The second-order valence-corrected chi connectivity index (χ2v) is 4.95. The summed E-state index contributed by atoms with van der Waals surface area (Å²) in [5.41, 5.74) is 2.10. The molecule has 19 heavy (non-hydrogen) atoms. The zero-order chi connectivity index (χ0) is 13.4. The summed E-state index contributed by atoms with van der Waals surface area (Å²) in [6, 6.07) is 2.07. The summed E-state index contributed by atoms with van der Waals surface area (Å²) in [5, 5.41) is 7.47. The summed E-state index contributed by atoms with van der Waals surface area (Å²) in [7, 11) is 0. The van der Waals surface area contributed by atoms with Gasteiger partial charge in [0.15, 0.2) is 5.65 Å². The molecule has 2 aromatic heterocycles. The van der Waals surface area contributed by atoms with Crippen molar-refractivity contribution in [2.24, 2.45) is 0 Å². The highest BCUT2D eigenvalue weighted by Crippen LogP contribution is 2.14. The van der Waals surface area contributed by atoms with Crippen molar-refractivity contribution in [3.63, 3.8) is 0 Å². The zero-order valence-electron chi connectivity index (χ0n) is 11.1. The van der Waals surface area contributed by atoms with Crippen LogP contribution in [0.25, 0.3) is 5.65 Å². The third-order valence-corrected chi connectivity index (χ3v) is 3.50. The van der Waals surface area contributed by atoms with Gasteiger partial charge in [0, 0.05) is 37.6 Å². The smallest absolute Gasteiger partial charge is 0.259 e. The van der Waals surface area contributed by atoms with Crippen molar-refractivity contribution in [1.82, 2.24) is 24.8 Å². The second-order valence-electron chi connectivity index (χ2n) is 4.95. The Kier molecular flexibility index (Phi) is 2.94. The molecule has 0 unspecified atom stereocenters. The lowest BCUT2D eigenvalue weighted by molar-refractivity contribution is 0.0657. The third kappa shape index (κ3) is 2.08. The molecule has 3 heterocycles. The Bertz CT molecular complexity index is 621. The molecule has 0 bridgehead atoms. The maximum Gasteiger partial charge on any atom is 0.259 e. The monoisotopic (exact) mass is 259 g/mol. The van der Waals surface area contributed by atoms with Crippen LogP contribution in [0, 0.1) is 6.92 Å². The highest BCUT2D eigenvalue weighted by atomic mass is 16.2. The number of rotatable bonds is 1. The largest absolute Gasteiger partial charge is 0.333 e. The van der Waals surface area contributed by atoms with Crippen LogP contribution < -0.4 is 5.32 Å². The van der Waals surface area contributed by atoms with Gasteiger partial charge in [-0.3, -0.25) is 4.79 Å². The number of fused-ring (bicyclic) bond motifs is 1. The van der Waals surface area contributed by atoms with E-state index in [4.69, 9.17) is 0 Å². The lowest BCUT2D eigenvalue weighted by Gasteiger charge is -2.33. The molecule has 1 saturated heterocycles. The molecule has 100 valence electrons.